The lowest BCUT2D eigenvalue weighted by Crippen LogP contribution is -2.44. The molecule has 1 rings (SSSR count). The summed E-state index contributed by atoms with van der Waals surface area (Å²) in [6.07, 6.45) is 2.37. The zero-order chi connectivity index (χ0) is 15.8. The molecule has 5 heteroatoms. The second-order valence-corrected chi connectivity index (χ2v) is 5.22. The van der Waals surface area contributed by atoms with Crippen LogP contribution >= 0.6 is 0 Å². The Morgan fingerprint density at radius 2 is 1.90 bits per heavy atom. The number of aliphatic carboxylic acids is 1. The number of amides is 1. The third kappa shape index (κ3) is 5.55. The lowest BCUT2D eigenvalue weighted by Gasteiger charge is -2.25. The van der Waals surface area contributed by atoms with Crippen molar-refractivity contribution in [2.75, 3.05) is 11.4 Å². The van der Waals surface area contributed by atoms with Crippen molar-refractivity contribution in [1.82, 2.24) is 0 Å². The number of nitrogens with zero attached hydrogens (tertiary/aromatic N) is 1. The Morgan fingerprint density at radius 1 is 1.29 bits per heavy atom. The Kier molecular flexibility index (Phi) is 6.88. The van der Waals surface area contributed by atoms with Crippen molar-refractivity contribution in [2.24, 2.45) is 5.73 Å². The lowest BCUT2D eigenvalue weighted by molar-refractivity contribution is -0.136. The molecule has 3 N–H and O–H groups in total. The maximum atomic E-state index is 12.5. The average Bonchev–Trinajstić information content (AvgIpc) is 2.46. The molecule has 1 aromatic carbocycles. The predicted molar refractivity (Wildman–Crippen MR) is 83.3 cm³/mol. The smallest absolute Gasteiger partial charge is 0.305 e. The highest BCUT2D eigenvalue weighted by Crippen LogP contribution is 2.17. The quantitative estimate of drug-likeness (QED) is 0.770. The molecule has 0 saturated carbocycles. The van der Waals surface area contributed by atoms with E-state index in [2.05, 4.69) is 0 Å². The number of carbonyl (C=O) groups excluding carboxylic acids is 1. The number of hydrogen-bond donors (Lipinski definition) is 2. The van der Waals surface area contributed by atoms with Crippen LogP contribution in [0, 0.1) is 6.92 Å². The van der Waals surface area contributed by atoms with Crippen molar-refractivity contribution in [3.63, 3.8) is 0 Å². The number of benzene rings is 1. The maximum absolute atomic E-state index is 12.5. The van der Waals surface area contributed by atoms with E-state index in [9.17, 15) is 9.59 Å². The van der Waals surface area contributed by atoms with Gasteiger partial charge in [-0.1, -0.05) is 37.5 Å². The lowest BCUT2D eigenvalue weighted by atomic mass is 10.1. The number of rotatable bonds is 8. The minimum absolute atomic E-state index is 0.0971. The van der Waals surface area contributed by atoms with Crippen molar-refractivity contribution >= 4 is 17.6 Å². The van der Waals surface area contributed by atoms with Gasteiger partial charge in [0, 0.05) is 12.2 Å². The van der Waals surface area contributed by atoms with E-state index in [-0.39, 0.29) is 18.9 Å². The first-order chi connectivity index (χ1) is 9.95. The third-order valence-electron chi connectivity index (χ3n) is 3.35. The molecule has 0 heterocycles. The summed E-state index contributed by atoms with van der Waals surface area (Å²) >= 11 is 0. The highest BCUT2D eigenvalue weighted by molar-refractivity contribution is 5.97. The molecule has 0 bridgehead atoms. The van der Waals surface area contributed by atoms with Crippen LogP contribution in [-0.2, 0) is 9.59 Å². The van der Waals surface area contributed by atoms with Crippen molar-refractivity contribution in [1.29, 1.82) is 0 Å². The van der Waals surface area contributed by atoms with E-state index in [1.807, 2.05) is 38.1 Å². The van der Waals surface area contributed by atoms with Crippen molar-refractivity contribution in [3.05, 3.63) is 29.8 Å². The molecule has 1 amide bonds. The molecular weight excluding hydrogens is 268 g/mol. The van der Waals surface area contributed by atoms with E-state index in [0.29, 0.717) is 12.1 Å². The van der Waals surface area contributed by atoms with Crippen LogP contribution in [-0.4, -0.2) is 29.6 Å². The van der Waals surface area contributed by atoms with Crippen LogP contribution in [0.15, 0.2) is 24.3 Å². The summed E-state index contributed by atoms with van der Waals surface area (Å²) in [5, 5.41) is 8.85. The Hall–Kier alpha value is -1.88. The first-order valence-corrected chi connectivity index (χ1v) is 7.31. The van der Waals surface area contributed by atoms with Gasteiger partial charge in [0.15, 0.2) is 0 Å². The number of hydrogen-bond acceptors (Lipinski definition) is 3. The van der Waals surface area contributed by atoms with Crippen LogP contribution in [0.5, 0.6) is 0 Å². The number of unbranched alkanes of at least 4 members (excludes halogenated alkanes) is 1. The molecule has 1 atom stereocenters. The molecule has 0 aromatic heterocycles. The molecule has 0 spiro atoms. The normalized spacial score (nSPS) is 12.0. The molecular formula is C16H24N2O3. The van der Waals surface area contributed by atoms with E-state index >= 15 is 0 Å². The van der Waals surface area contributed by atoms with Gasteiger partial charge >= 0.3 is 5.97 Å². The molecule has 0 saturated heterocycles. The summed E-state index contributed by atoms with van der Waals surface area (Å²) in [4.78, 5) is 24.7. The highest BCUT2D eigenvalue weighted by atomic mass is 16.4. The first-order valence-electron chi connectivity index (χ1n) is 7.31. The molecule has 5 nitrogen and oxygen atoms in total. The van der Waals surface area contributed by atoms with Crippen LogP contribution < -0.4 is 10.6 Å². The number of anilines is 1. The summed E-state index contributed by atoms with van der Waals surface area (Å²) in [5.41, 5.74) is 7.72. The maximum Gasteiger partial charge on any atom is 0.305 e. The molecule has 116 valence electrons. The molecule has 0 aliphatic heterocycles. The second-order valence-electron chi connectivity index (χ2n) is 5.22. The molecule has 1 aromatic rings. The van der Waals surface area contributed by atoms with E-state index in [4.69, 9.17) is 10.8 Å². The van der Waals surface area contributed by atoms with Gasteiger partial charge in [0.1, 0.15) is 0 Å². The number of carboxylic acid groups (broad SMARTS) is 1. The fourth-order valence-electron chi connectivity index (χ4n) is 2.05. The summed E-state index contributed by atoms with van der Waals surface area (Å²) in [5.74, 6) is -1.14. The molecule has 21 heavy (non-hydrogen) atoms. The minimum Gasteiger partial charge on any atom is -0.481 e. The zero-order valence-electron chi connectivity index (χ0n) is 12.7. The number of carboxylic acids is 1. The number of carbonyl (C=O) groups is 2. The number of aryl methyl sites for hydroxylation is 1. The highest BCUT2D eigenvalue weighted by Gasteiger charge is 2.22. The SMILES string of the molecule is CCCCC(N)C(=O)N(CCC(=O)O)c1ccc(C)cc1. The summed E-state index contributed by atoms with van der Waals surface area (Å²) in [6, 6.07) is 6.85. The van der Waals surface area contributed by atoms with Crippen molar-refractivity contribution in [3.8, 4) is 0 Å². The second kappa shape index (κ2) is 8.42. The Bertz CT molecular complexity index is 471. The van der Waals surface area contributed by atoms with Gasteiger partial charge in [-0.25, -0.2) is 0 Å². The van der Waals surface area contributed by atoms with Crippen LogP contribution in [0.4, 0.5) is 5.69 Å². The first kappa shape index (κ1) is 17.2. The fourth-order valence-corrected chi connectivity index (χ4v) is 2.05. The number of nitrogens with two attached hydrogens (primary N) is 1. The molecule has 0 fully saturated rings. The molecule has 1 unspecified atom stereocenters. The fraction of sp³-hybridized carbons (Fsp3) is 0.500. The van der Waals surface area contributed by atoms with Crippen LogP contribution in [0.25, 0.3) is 0 Å². The van der Waals surface area contributed by atoms with Gasteiger partial charge in [-0.15, -0.1) is 0 Å². The molecule has 0 radical (unpaired) electrons. The topological polar surface area (TPSA) is 83.6 Å². The van der Waals surface area contributed by atoms with Gasteiger partial charge in [-0.05, 0) is 25.5 Å². The van der Waals surface area contributed by atoms with E-state index in [1.54, 1.807) is 0 Å². The summed E-state index contributed by atoms with van der Waals surface area (Å²) < 4.78 is 0. The van der Waals surface area contributed by atoms with Gasteiger partial charge in [-0.2, -0.15) is 0 Å². The van der Waals surface area contributed by atoms with Gasteiger partial charge in [0.05, 0.1) is 12.5 Å². The minimum atomic E-state index is -0.929. The Balaban J connectivity index is 2.87. The van der Waals surface area contributed by atoms with Gasteiger partial charge in [0.25, 0.3) is 0 Å². The average molecular weight is 292 g/mol. The van der Waals surface area contributed by atoms with Gasteiger partial charge in [-0.3, -0.25) is 9.59 Å². The van der Waals surface area contributed by atoms with E-state index in [0.717, 1.165) is 18.4 Å². The standard InChI is InChI=1S/C16H24N2O3/c1-3-4-5-14(17)16(21)18(11-10-15(19)20)13-8-6-12(2)7-9-13/h6-9,14H,3-5,10-11,17H2,1-2H3,(H,19,20). The Labute approximate surface area is 125 Å². The monoisotopic (exact) mass is 292 g/mol. The van der Waals surface area contributed by atoms with Crippen LogP contribution in [0.3, 0.4) is 0 Å². The van der Waals surface area contributed by atoms with E-state index in [1.165, 1.54) is 4.90 Å². The van der Waals surface area contributed by atoms with E-state index < -0.39 is 12.0 Å². The van der Waals surface area contributed by atoms with Gasteiger partial charge in [0.2, 0.25) is 5.91 Å². The van der Waals surface area contributed by atoms with Crippen molar-refractivity contribution in [2.45, 2.75) is 45.6 Å². The summed E-state index contributed by atoms with van der Waals surface area (Å²) in [6.45, 7) is 4.14. The molecule has 0 aliphatic rings. The summed E-state index contributed by atoms with van der Waals surface area (Å²) in [7, 11) is 0. The predicted octanol–water partition coefficient (Wildman–Crippen LogP) is 2.32. The van der Waals surface area contributed by atoms with Gasteiger partial charge < -0.3 is 15.7 Å². The molecule has 0 aliphatic carbocycles. The Morgan fingerprint density at radius 3 is 2.43 bits per heavy atom. The zero-order valence-corrected chi connectivity index (χ0v) is 12.7. The van der Waals surface area contributed by atoms with Crippen LogP contribution in [0.1, 0.15) is 38.2 Å². The third-order valence-corrected chi connectivity index (χ3v) is 3.35. The van der Waals surface area contributed by atoms with Crippen LogP contribution in [0.2, 0.25) is 0 Å². The largest absolute Gasteiger partial charge is 0.481 e. The van der Waals surface area contributed by atoms with Crippen molar-refractivity contribution < 1.29 is 14.7 Å².